The van der Waals surface area contributed by atoms with Gasteiger partial charge in [-0.2, -0.15) is 0 Å². The van der Waals surface area contributed by atoms with E-state index in [1.807, 2.05) is 19.0 Å². The molecule has 14 heavy (non-hydrogen) atoms. The van der Waals surface area contributed by atoms with Crippen molar-refractivity contribution in [1.29, 1.82) is 0 Å². The van der Waals surface area contributed by atoms with E-state index in [2.05, 4.69) is 5.32 Å². The number of ether oxygens (including phenoxy) is 1. The predicted octanol–water partition coefficient (Wildman–Crippen LogP) is -0.630. The Morgan fingerprint density at radius 3 is 2.64 bits per heavy atom. The molecule has 1 rings (SSSR count). The van der Waals surface area contributed by atoms with Crippen LogP contribution in [0.2, 0.25) is 0 Å². The van der Waals surface area contributed by atoms with Crippen molar-refractivity contribution in [2.24, 2.45) is 0 Å². The van der Waals surface area contributed by atoms with Gasteiger partial charge in [0.25, 0.3) is 0 Å². The van der Waals surface area contributed by atoms with E-state index in [9.17, 15) is 9.59 Å². The highest BCUT2D eigenvalue weighted by molar-refractivity contribution is 5.92. The van der Waals surface area contributed by atoms with Gasteiger partial charge in [0.2, 0.25) is 5.91 Å². The molecule has 1 atom stereocenters. The molecule has 1 saturated heterocycles. The summed E-state index contributed by atoms with van der Waals surface area (Å²) in [6, 6.07) is 0. The minimum Gasteiger partial charge on any atom is -0.467 e. The fourth-order valence-electron chi connectivity index (χ4n) is 1.79. The van der Waals surface area contributed by atoms with Gasteiger partial charge in [0, 0.05) is 13.0 Å². The van der Waals surface area contributed by atoms with Crippen molar-refractivity contribution in [1.82, 2.24) is 10.2 Å². The van der Waals surface area contributed by atoms with Gasteiger partial charge in [0.15, 0.2) is 5.54 Å². The van der Waals surface area contributed by atoms with Crippen LogP contribution in [0, 0.1) is 0 Å². The van der Waals surface area contributed by atoms with Crippen LogP contribution >= 0.6 is 0 Å². The molecule has 1 aliphatic rings. The summed E-state index contributed by atoms with van der Waals surface area (Å²) in [6.45, 7) is 0.478. The Hall–Kier alpha value is -1.10. The Morgan fingerprint density at radius 1 is 1.64 bits per heavy atom. The minimum atomic E-state index is -0.838. The molecule has 1 unspecified atom stereocenters. The first-order valence-corrected chi connectivity index (χ1v) is 4.54. The third-order valence-corrected chi connectivity index (χ3v) is 2.32. The summed E-state index contributed by atoms with van der Waals surface area (Å²) in [7, 11) is 5.05. The fraction of sp³-hybridized carbons (Fsp3) is 0.778. The number of methoxy groups -OCH3 is 1. The summed E-state index contributed by atoms with van der Waals surface area (Å²) in [5.41, 5.74) is -0.838. The summed E-state index contributed by atoms with van der Waals surface area (Å²) >= 11 is 0. The second-order valence-corrected chi connectivity index (χ2v) is 3.86. The fourth-order valence-corrected chi connectivity index (χ4v) is 1.79. The number of nitrogens with one attached hydrogen (secondary N) is 1. The van der Waals surface area contributed by atoms with E-state index in [4.69, 9.17) is 4.74 Å². The average molecular weight is 200 g/mol. The second kappa shape index (κ2) is 3.96. The van der Waals surface area contributed by atoms with Gasteiger partial charge in [0.05, 0.1) is 7.11 Å². The highest BCUT2D eigenvalue weighted by Crippen LogP contribution is 2.22. The molecule has 5 nitrogen and oxygen atoms in total. The van der Waals surface area contributed by atoms with Gasteiger partial charge in [-0.1, -0.05) is 0 Å². The van der Waals surface area contributed by atoms with Gasteiger partial charge >= 0.3 is 5.97 Å². The number of esters is 1. The third kappa shape index (κ3) is 2.04. The summed E-state index contributed by atoms with van der Waals surface area (Å²) in [6.07, 6.45) is 0.902. The van der Waals surface area contributed by atoms with Gasteiger partial charge in [0.1, 0.15) is 0 Å². The zero-order valence-electron chi connectivity index (χ0n) is 8.79. The minimum absolute atomic E-state index is 0.0859. The molecule has 0 radical (unpaired) electrons. The molecule has 80 valence electrons. The maximum Gasteiger partial charge on any atom is 0.332 e. The summed E-state index contributed by atoms with van der Waals surface area (Å²) in [5.74, 6) is -0.450. The first kappa shape index (κ1) is 11.0. The molecular formula is C9H16N2O3. The van der Waals surface area contributed by atoms with Crippen molar-refractivity contribution in [2.75, 3.05) is 27.7 Å². The summed E-state index contributed by atoms with van der Waals surface area (Å²) < 4.78 is 4.71. The number of hydrogen-bond donors (Lipinski definition) is 1. The lowest BCUT2D eigenvalue weighted by Crippen LogP contribution is -2.55. The molecule has 0 aromatic carbocycles. The van der Waals surface area contributed by atoms with Crippen molar-refractivity contribution in [3.63, 3.8) is 0 Å². The summed E-state index contributed by atoms with van der Waals surface area (Å²) in [5, 5.41) is 2.69. The van der Waals surface area contributed by atoms with Crippen molar-refractivity contribution >= 4 is 11.9 Å². The first-order chi connectivity index (χ1) is 6.50. The molecule has 1 N–H and O–H groups in total. The van der Waals surface area contributed by atoms with Crippen LogP contribution in [0.4, 0.5) is 0 Å². The van der Waals surface area contributed by atoms with Crippen molar-refractivity contribution in [3.8, 4) is 0 Å². The number of nitrogens with zero attached hydrogens (tertiary/aromatic N) is 1. The van der Waals surface area contributed by atoms with Crippen molar-refractivity contribution < 1.29 is 14.3 Å². The van der Waals surface area contributed by atoms with Gasteiger partial charge in [-0.15, -0.1) is 0 Å². The number of carbonyl (C=O) groups excluding carboxylic acids is 2. The predicted molar refractivity (Wildman–Crippen MR) is 50.7 cm³/mol. The van der Waals surface area contributed by atoms with Crippen molar-refractivity contribution in [2.45, 2.75) is 18.4 Å². The van der Waals surface area contributed by atoms with Crippen LogP contribution in [0.15, 0.2) is 0 Å². The molecule has 1 amide bonds. The molecule has 5 heteroatoms. The Balaban J connectivity index is 2.80. The van der Waals surface area contributed by atoms with E-state index in [1.165, 1.54) is 7.11 Å². The molecule has 0 spiro atoms. The Morgan fingerprint density at radius 2 is 2.29 bits per heavy atom. The molecule has 1 heterocycles. The van der Waals surface area contributed by atoms with Crippen LogP contribution in [0.25, 0.3) is 0 Å². The van der Waals surface area contributed by atoms with Crippen LogP contribution in [0.1, 0.15) is 12.8 Å². The first-order valence-electron chi connectivity index (χ1n) is 4.54. The molecular weight excluding hydrogens is 184 g/mol. The highest BCUT2D eigenvalue weighted by atomic mass is 16.5. The highest BCUT2D eigenvalue weighted by Gasteiger charge is 2.45. The molecule has 0 saturated carbocycles. The Kier molecular flexibility index (Phi) is 3.10. The Bertz CT molecular complexity index is 252. The van der Waals surface area contributed by atoms with Crippen LogP contribution in [0.3, 0.4) is 0 Å². The van der Waals surface area contributed by atoms with E-state index in [-0.39, 0.29) is 11.9 Å². The van der Waals surface area contributed by atoms with E-state index >= 15 is 0 Å². The number of hydrogen-bond acceptors (Lipinski definition) is 4. The number of likely N-dealkylation sites (N-methyl/N-ethyl adjacent to an activating group) is 1. The molecule has 0 aromatic rings. The molecule has 1 fully saturated rings. The molecule has 1 aliphatic heterocycles. The topological polar surface area (TPSA) is 58.6 Å². The number of carbonyl (C=O) groups is 2. The van der Waals surface area contributed by atoms with Gasteiger partial charge in [-0.25, -0.2) is 4.79 Å². The lowest BCUT2D eigenvalue weighted by Gasteiger charge is -2.28. The second-order valence-electron chi connectivity index (χ2n) is 3.86. The SMILES string of the molecule is COC(=O)C1(CN(C)C)CCC(=O)N1. The maximum absolute atomic E-state index is 11.6. The lowest BCUT2D eigenvalue weighted by atomic mass is 9.97. The largest absolute Gasteiger partial charge is 0.467 e. The van der Waals surface area contributed by atoms with Crippen LogP contribution in [-0.2, 0) is 14.3 Å². The van der Waals surface area contributed by atoms with E-state index in [1.54, 1.807) is 0 Å². The normalized spacial score (nSPS) is 26.4. The van der Waals surface area contributed by atoms with Crippen LogP contribution in [0.5, 0.6) is 0 Å². The Labute approximate surface area is 83.4 Å². The van der Waals surface area contributed by atoms with Gasteiger partial charge in [-0.05, 0) is 20.5 Å². The monoisotopic (exact) mass is 200 g/mol. The van der Waals surface area contributed by atoms with Crippen LogP contribution in [-0.4, -0.2) is 50.1 Å². The smallest absolute Gasteiger partial charge is 0.332 e. The lowest BCUT2D eigenvalue weighted by molar-refractivity contribution is -0.149. The average Bonchev–Trinajstić information content (AvgIpc) is 2.46. The van der Waals surface area contributed by atoms with E-state index in [0.717, 1.165) is 0 Å². The molecule has 0 aliphatic carbocycles. The van der Waals surface area contributed by atoms with E-state index < -0.39 is 5.54 Å². The summed E-state index contributed by atoms with van der Waals surface area (Å²) in [4.78, 5) is 24.5. The number of rotatable bonds is 3. The molecule has 0 bridgehead atoms. The number of amides is 1. The third-order valence-electron chi connectivity index (χ3n) is 2.32. The molecule has 0 aromatic heterocycles. The maximum atomic E-state index is 11.6. The van der Waals surface area contributed by atoms with Crippen molar-refractivity contribution in [3.05, 3.63) is 0 Å². The standard InChI is InChI=1S/C9H16N2O3/c1-11(2)6-9(8(13)14-3)5-4-7(12)10-9/h4-6H2,1-3H3,(H,10,12). The van der Waals surface area contributed by atoms with E-state index in [0.29, 0.717) is 19.4 Å². The van der Waals surface area contributed by atoms with Crippen LogP contribution < -0.4 is 5.32 Å². The van der Waals surface area contributed by atoms with Gasteiger partial charge in [-0.3, -0.25) is 4.79 Å². The zero-order chi connectivity index (χ0) is 10.8. The quantitative estimate of drug-likeness (QED) is 0.616. The zero-order valence-corrected chi connectivity index (χ0v) is 8.79. The van der Waals surface area contributed by atoms with Gasteiger partial charge < -0.3 is 15.0 Å².